The largest absolute Gasteiger partial charge is 0.444 e. The lowest BCUT2D eigenvalue weighted by atomic mass is 9.99. The van der Waals surface area contributed by atoms with E-state index in [4.69, 9.17) is 4.74 Å². The number of amides is 1. The number of carbonyl (C=O) groups is 1. The van der Waals surface area contributed by atoms with Crippen molar-refractivity contribution in [3.8, 4) is 0 Å². The highest BCUT2D eigenvalue weighted by Gasteiger charge is 2.22. The molecular formula is C18H22BrFN2O2. The maximum absolute atomic E-state index is 14.3. The summed E-state index contributed by atoms with van der Waals surface area (Å²) < 4.78 is 20.2. The molecule has 1 N–H and O–H groups in total. The van der Waals surface area contributed by atoms with Gasteiger partial charge in [0, 0.05) is 15.6 Å². The van der Waals surface area contributed by atoms with Crippen LogP contribution in [0, 0.1) is 12.7 Å². The third-order valence-electron chi connectivity index (χ3n) is 3.47. The lowest BCUT2D eigenvalue weighted by Crippen LogP contribution is -2.35. The number of fused-ring (bicyclic) bond motifs is 1. The summed E-state index contributed by atoms with van der Waals surface area (Å²) in [5.74, 6) is -0.392. The molecule has 0 aliphatic rings. The Morgan fingerprint density at radius 3 is 2.62 bits per heavy atom. The molecule has 6 heteroatoms. The number of nitrogens with one attached hydrogen (secondary N) is 1. The topological polar surface area (TPSA) is 51.2 Å². The Morgan fingerprint density at radius 2 is 2.04 bits per heavy atom. The van der Waals surface area contributed by atoms with Gasteiger partial charge in [0.2, 0.25) is 0 Å². The number of alkyl carbamates (subject to hydrolysis) is 1. The number of halogens is 2. The van der Waals surface area contributed by atoms with Crippen LogP contribution in [-0.4, -0.2) is 16.7 Å². The minimum atomic E-state index is -0.576. The molecule has 0 fully saturated rings. The standard InChI is InChI=1S/C18H22BrFN2O2/c1-6-15(22-17(23)24-18(3,4)5)12-7-10(2)21-16-13(12)8-11(19)9-14(16)20/h7-9,15H,6H2,1-5H3,(H,22,23). The van der Waals surface area contributed by atoms with E-state index in [1.165, 1.54) is 6.07 Å². The summed E-state index contributed by atoms with van der Waals surface area (Å²) in [6.07, 6.45) is 0.152. The number of hydrogen-bond donors (Lipinski definition) is 1. The Labute approximate surface area is 149 Å². The van der Waals surface area contributed by atoms with Crippen LogP contribution in [0.4, 0.5) is 9.18 Å². The van der Waals surface area contributed by atoms with Crippen LogP contribution in [0.2, 0.25) is 0 Å². The van der Waals surface area contributed by atoms with Crippen molar-refractivity contribution in [2.45, 2.75) is 52.7 Å². The second-order valence-electron chi connectivity index (χ2n) is 6.74. The van der Waals surface area contributed by atoms with Crippen molar-refractivity contribution in [2.75, 3.05) is 0 Å². The maximum Gasteiger partial charge on any atom is 0.408 e. The zero-order chi connectivity index (χ0) is 18.1. The third-order valence-corrected chi connectivity index (χ3v) is 3.92. The number of pyridine rings is 1. The molecular weight excluding hydrogens is 375 g/mol. The van der Waals surface area contributed by atoms with E-state index in [-0.39, 0.29) is 6.04 Å². The average Bonchev–Trinajstić information content (AvgIpc) is 2.43. The van der Waals surface area contributed by atoms with Crippen molar-refractivity contribution >= 4 is 32.9 Å². The summed E-state index contributed by atoms with van der Waals surface area (Å²) >= 11 is 3.32. The molecule has 24 heavy (non-hydrogen) atoms. The molecule has 0 aliphatic carbocycles. The van der Waals surface area contributed by atoms with Crippen LogP contribution in [0.1, 0.15) is 51.4 Å². The van der Waals surface area contributed by atoms with Gasteiger partial charge < -0.3 is 10.1 Å². The zero-order valence-corrected chi connectivity index (χ0v) is 16.1. The predicted octanol–water partition coefficient (Wildman–Crippen LogP) is 5.42. The first-order valence-corrected chi connectivity index (χ1v) is 8.66. The van der Waals surface area contributed by atoms with Gasteiger partial charge in [-0.15, -0.1) is 0 Å². The van der Waals surface area contributed by atoms with E-state index in [0.717, 1.165) is 5.56 Å². The number of ether oxygens (including phenoxy) is 1. The van der Waals surface area contributed by atoms with Crippen LogP contribution in [-0.2, 0) is 4.74 Å². The van der Waals surface area contributed by atoms with Gasteiger partial charge in [0.25, 0.3) is 0 Å². The molecule has 0 aliphatic heterocycles. The first-order chi connectivity index (χ1) is 11.1. The van der Waals surface area contributed by atoms with Gasteiger partial charge in [0.05, 0.1) is 6.04 Å². The van der Waals surface area contributed by atoms with Crippen molar-refractivity contribution in [3.05, 3.63) is 39.7 Å². The molecule has 0 saturated carbocycles. The second kappa shape index (κ2) is 7.05. The average molecular weight is 397 g/mol. The van der Waals surface area contributed by atoms with Crippen LogP contribution in [0.5, 0.6) is 0 Å². The van der Waals surface area contributed by atoms with E-state index in [2.05, 4.69) is 26.2 Å². The number of benzene rings is 1. The Kier molecular flexibility index (Phi) is 5.48. The van der Waals surface area contributed by atoms with Gasteiger partial charge in [-0.25, -0.2) is 9.18 Å². The van der Waals surface area contributed by atoms with Gasteiger partial charge in [-0.2, -0.15) is 0 Å². The first-order valence-electron chi connectivity index (χ1n) is 7.86. The van der Waals surface area contributed by atoms with Crippen molar-refractivity contribution in [1.29, 1.82) is 0 Å². The summed E-state index contributed by atoms with van der Waals surface area (Å²) in [6, 6.07) is 4.79. The highest BCUT2D eigenvalue weighted by molar-refractivity contribution is 9.10. The number of nitrogens with zero attached hydrogens (tertiary/aromatic N) is 1. The highest BCUT2D eigenvalue weighted by atomic mass is 79.9. The summed E-state index contributed by atoms with van der Waals surface area (Å²) in [7, 11) is 0. The fraction of sp³-hybridized carbons (Fsp3) is 0.444. The molecule has 0 spiro atoms. The van der Waals surface area contributed by atoms with Gasteiger partial charge >= 0.3 is 6.09 Å². The molecule has 1 atom stereocenters. The van der Waals surface area contributed by atoms with E-state index in [9.17, 15) is 9.18 Å². The highest BCUT2D eigenvalue weighted by Crippen LogP contribution is 2.30. The predicted molar refractivity (Wildman–Crippen MR) is 96.5 cm³/mol. The van der Waals surface area contributed by atoms with E-state index < -0.39 is 17.5 Å². The van der Waals surface area contributed by atoms with Crippen molar-refractivity contribution in [2.24, 2.45) is 0 Å². The zero-order valence-electron chi connectivity index (χ0n) is 14.5. The molecule has 1 heterocycles. The monoisotopic (exact) mass is 396 g/mol. The molecule has 2 rings (SSSR count). The first kappa shape index (κ1) is 18.6. The van der Waals surface area contributed by atoms with E-state index >= 15 is 0 Å². The number of aromatic nitrogens is 1. The van der Waals surface area contributed by atoms with Gasteiger partial charge in [-0.1, -0.05) is 22.9 Å². The Morgan fingerprint density at radius 1 is 1.38 bits per heavy atom. The van der Waals surface area contributed by atoms with E-state index in [1.807, 2.05) is 46.8 Å². The normalized spacial score (nSPS) is 13.0. The summed E-state index contributed by atoms with van der Waals surface area (Å²) in [4.78, 5) is 16.4. The Hall–Kier alpha value is -1.69. The fourth-order valence-corrected chi connectivity index (χ4v) is 2.98. The lowest BCUT2D eigenvalue weighted by Gasteiger charge is -2.24. The molecule has 0 radical (unpaired) electrons. The quantitative estimate of drug-likeness (QED) is 0.753. The SMILES string of the molecule is CCC(NC(=O)OC(C)(C)C)c1cc(C)nc2c(F)cc(Br)cc12. The smallest absolute Gasteiger partial charge is 0.408 e. The number of carbonyl (C=O) groups excluding carboxylic acids is 1. The second-order valence-corrected chi connectivity index (χ2v) is 7.66. The molecule has 1 aromatic carbocycles. The molecule has 2 aromatic rings. The maximum atomic E-state index is 14.3. The molecule has 130 valence electrons. The van der Waals surface area contributed by atoms with Crippen LogP contribution >= 0.6 is 15.9 Å². The van der Waals surface area contributed by atoms with Crippen LogP contribution in [0.25, 0.3) is 10.9 Å². The summed E-state index contributed by atoms with van der Waals surface area (Å²) in [5.41, 5.74) is 1.25. The van der Waals surface area contributed by atoms with Crippen molar-refractivity contribution < 1.29 is 13.9 Å². The van der Waals surface area contributed by atoms with Crippen molar-refractivity contribution in [3.63, 3.8) is 0 Å². The Bertz CT molecular complexity index is 772. The van der Waals surface area contributed by atoms with Crippen LogP contribution in [0.15, 0.2) is 22.7 Å². The van der Waals surface area contributed by atoms with Gasteiger partial charge in [-0.3, -0.25) is 4.98 Å². The van der Waals surface area contributed by atoms with E-state index in [1.54, 1.807) is 0 Å². The third kappa shape index (κ3) is 4.44. The van der Waals surface area contributed by atoms with Crippen molar-refractivity contribution in [1.82, 2.24) is 10.3 Å². The molecule has 1 amide bonds. The molecule has 0 saturated heterocycles. The molecule has 0 bridgehead atoms. The van der Waals surface area contributed by atoms with Gasteiger partial charge in [-0.05, 0) is 57.9 Å². The number of rotatable bonds is 3. The minimum Gasteiger partial charge on any atom is -0.444 e. The lowest BCUT2D eigenvalue weighted by molar-refractivity contribution is 0.0502. The van der Waals surface area contributed by atoms with Gasteiger partial charge in [0.15, 0.2) is 5.82 Å². The minimum absolute atomic E-state index is 0.294. The van der Waals surface area contributed by atoms with E-state index in [0.29, 0.717) is 27.5 Å². The van der Waals surface area contributed by atoms with Gasteiger partial charge in [0.1, 0.15) is 11.1 Å². The summed E-state index contributed by atoms with van der Waals surface area (Å²) in [6.45, 7) is 9.20. The summed E-state index contributed by atoms with van der Waals surface area (Å²) in [5, 5.41) is 3.55. The van der Waals surface area contributed by atoms with Crippen LogP contribution in [0.3, 0.4) is 0 Å². The molecule has 1 unspecified atom stereocenters. The molecule has 4 nitrogen and oxygen atoms in total. The molecule has 1 aromatic heterocycles. The number of hydrogen-bond acceptors (Lipinski definition) is 3. The fourth-order valence-electron chi connectivity index (χ4n) is 2.55. The Balaban J connectivity index is 2.46. The number of aryl methyl sites for hydroxylation is 1. The van der Waals surface area contributed by atoms with Crippen LogP contribution < -0.4 is 5.32 Å².